The number of nitrogen functional groups attached to an aromatic ring is 1. The summed E-state index contributed by atoms with van der Waals surface area (Å²) in [7, 11) is -3.80. The van der Waals surface area contributed by atoms with E-state index in [1.54, 1.807) is 13.1 Å². The maximum absolute atomic E-state index is 12.8. The van der Waals surface area contributed by atoms with Crippen LogP contribution in [-0.4, -0.2) is 33.3 Å². The Morgan fingerprint density at radius 3 is 2.11 bits per heavy atom. The van der Waals surface area contributed by atoms with Gasteiger partial charge in [0.25, 0.3) is 5.91 Å². The summed E-state index contributed by atoms with van der Waals surface area (Å²) in [4.78, 5) is 12.7. The summed E-state index contributed by atoms with van der Waals surface area (Å²) in [6, 6.07) is 20.5. The Morgan fingerprint density at radius 2 is 1.50 bits per heavy atom. The van der Waals surface area contributed by atoms with Crippen LogP contribution in [0.3, 0.4) is 0 Å². The first-order valence-electron chi connectivity index (χ1n) is 11.8. The summed E-state index contributed by atoms with van der Waals surface area (Å²) < 4.78 is 33.5. The third-order valence-electron chi connectivity index (χ3n) is 5.25. The van der Waals surface area contributed by atoms with Gasteiger partial charge in [0.2, 0.25) is 10.0 Å². The number of carbonyl (C=O) groups is 1. The minimum Gasteiger partial charge on any atom is -0.492 e. The van der Waals surface area contributed by atoms with Crippen molar-refractivity contribution in [3.63, 3.8) is 0 Å². The molecule has 0 atom stereocenters. The van der Waals surface area contributed by atoms with E-state index >= 15 is 0 Å². The molecule has 0 radical (unpaired) electrons. The van der Waals surface area contributed by atoms with Crippen LogP contribution in [0.1, 0.15) is 20.8 Å². The Labute approximate surface area is 222 Å². The molecule has 10 nitrogen and oxygen atoms in total. The molecule has 0 aromatic heterocycles. The maximum atomic E-state index is 12.8. The first-order chi connectivity index (χ1) is 18.2. The minimum absolute atomic E-state index is 0.0337. The van der Waals surface area contributed by atoms with Gasteiger partial charge in [0.1, 0.15) is 11.5 Å². The molecule has 1 aliphatic rings. The summed E-state index contributed by atoms with van der Waals surface area (Å²) in [5.41, 5.74) is 8.37. The lowest BCUT2D eigenvalue weighted by atomic mass is 10.2. The zero-order valence-electron chi connectivity index (χ0n) is 21.4. The standard InChI is InChI=1S/C19H20N4O4S.C8H11NO/c1-3-27-18-7-5-4-6-17(18)21-12-16-13(2)22-23(19(16)24)14-8-10-15(11-9-14)28(20,25)26;1-2-10-8-6-4-3-5-7(8)9/h4-12,21H,3H2,1-2H3,(H2,20,25,26);3-6H,2,9H2,1H3. The fourth-order valence-corrected chi connectivity index (χ4v) is 3.94. The van der Waals surface area contributed by atoms with Gasteiger partial charge in [-0.15, -0.1) is 0 Å². The highest BCUT2D eigenvalue weighted by atomic mass is 32.2. The fraction of sp³-hybridized carbons (Fsp3) is 0.185. The van der Waals surface area contributed by atoms with Crippen LogP contribution in [0.5, 0.6) is 11.5 Å². The Kier molecular flexibility index (Phi) is 9.47. The third-order valence-corrected chi connectivity index (χ3v) is 6.18. The molecule has 0 aliphatic carbocycles. The van der Waals surface area contributed by atoms with Gasteiger partial charge in [-0.3, -0.25) is 4.79 Å². The number of anilines is 3. The van der Waals surface area contributed by atoms with Crippen molar-refractivity contribution in [2.45, 2.75) is 25.7 Å². The maximum Gasteiger partial charge on any atom is 0.282 e. The monoisotopic (exact) mass is 537 g/mol. The van der Waals surface area contributed by atoms with Gasteiger partial charge in [-0.25, -0.2) is 13.6 Å². The number of hydrazone groups is 1. The van der Waals surface area contributed by atoms with E-state index in [4.69, 9.17) is 20.3 Å². The predicted molar refractivity (Wildman–Crippen MR) is 150 cm³/mol. The Morgan fingerprint density at radius 1 is 0.921 bits per heavy atom. The van der Waals surface area contributed by atoms with Gasteiger partial charge in [-0.2, -0.15) is 10.1 Å². The van der Waals surface area contributed by atoms with Crippen LogP contribution in [0.25, 0.3) is 0 Å². The van der Waals surface area contributed by atoms with Gasteiger partial charge < -0.3 is 20.5 Å². The normalized spacial score (nSPS) is 14.0. The third kappa shape index (κ3) is 7.11. The molecule has 3 aromatic rings. The van der Waals surface area contributed by atoms with Crippen molar-refractivity contribution >= 4 is 38.7 Å². The van der Waals surface area contributed by atoms with Gasteiger partial charge in [-0.1, -0.05) is 24.3 Å². The number of nitrogens with two attached hydrogens (primary N) is 2. The molecule has 0 saturated heterocycles. The largest absolute Gasteiger partial charge is 0.492 e. The van der Waals surface area contributed by atoms with Crippen molar-refractivity contribution in [1.29, 1.82) is 0 Å². The van der Waals surface area contributed by atoms with Gasteiger partial charge in [0.15, 0.2) is 0 Å². The van der Waals surface area contributed by atoms with Crippen molar-refractivity contribution < 1.29 is 22.7 Å². The van der Waals surface area contributed by atoms with Crippen LogP contribution < -0.4 is 30.7 Å². The summed E-state index contributed by atoms with van der Waals surface area (Å²) in [6.07, 6.45) is 1.58. The number of para-hydroxylation sites is 4. The molecule has 1 aliphatic heterocycles. The number of rotatable bonds is 8. The van der Waals surface area contributed by atoms with Gasteiger partial charge in [0, 0.05) is 6.20 Å². The van der Waals surface area contributed by atoms with Crippen LogP contribution >= 0.6 is 0 Å². The molecular formula is C27H31N5O5S. The van der Waals surface area contributed by atoms with Gasteiger partial charge >= 0.3 is 0 Å². The van der Waals surface area contributed by atoms with E-state index in [2.05, 4.69) is 10.4 Å². The number of nitrogens with zero attached hydrogens (tertiary/aromatic N) is 2. The number of ether oxygens (including phenoxy) is 2. The SMILES string of the molecule is CCOc1ccccc1N.CCOc1ccccc1NC=C1C(=O)N(c2ccc(S(N)(=O)=O)cc2)N=C1C. The molecule has 0 bridgehead atoms. The van der Waals surface area contributed by atoms with Crippen molar-refractivity contribution in [1.82, 2.24) is 0 Å². The summed E-state index contributed by atoms with van der Waals surface area (Å²) >= 11 is 0. The lowest BCUT2D eigenvalue weighted by molar-refractivity contribution is -0.114. The molecule has 5 N–H and O–H groups in total. The number of carbonyl (C=O) groups excluding carboxylic acids is 1. The van der Waals surface area contributed by atoms with Crippen LogP contribution in [0.4, 0.5) is 17.1 Å². The second kappa shape index (κ2) is 12.7. The number of nitrogens with one attached hydrogen (secondary N) is 1. The van der Waals surface area contributed by atoms with Crippen LogP contribution in [-0.2, 0) is 14.8 Å². The zero-order chi connectivity index (χ0) is 27.7. The van der Waals surface area contributed by atoms with E-state index in [-0.39, 0.29) is 10.8 Å². The van der Waals surface area contributed by atoms with Crippen molar-refractivity contribution in [3.8, 4) is 11.5 Å². The van der Waals surface area contributed by atoms with E-state index in [0.29, 0.717) is 41.6 Å². The minimum atomic E-state index is -3.80. The molecule has 1 amide bonds. The summed E-state index contributed by atoms with van der Waals surface area (Å²) in [6.45, 7) is 6.74. The molecule has 1 heterocycles. The van der Waals surface area contributed by atoms with E-state index < -0.39 is 10.0 Å². The van der Waals surface area contributed by atoms with E-state index in [1.165, 1.54) is 29.3 Å². The first kappa shape index (κ1) is 28.2. The second-order valence-electron chi connectivity index (χ2n) is 7.94. The number of benzene rings is 3. The number of primary sulfonamides is 1. The average Bonchev–Trinajstić information content (AvgIpc) is 3.18. The quantitative estimate of drug-likeness (QED) is 0.289. The molecule has 4 rings (SSSR count). The van der Waals surface area contributed by atoms with E-state index in [9.17, 15) is 13.2 Å². The number of amides is 1. The fourth-order valence-electron chi connectivity index (χ4n) is 3.42. The summed E-state index contributed by atoms with van der Waals surface area (Å²) in [5, 5.41) is 13.7. The molecule has 0 fully saturated rings. The highest BCUT2D eigenvalue weighted by molar-refractivity contribution is 7.89. The number of hydrogen-bond acceptors (Lipinski definition) is 8. The smallest absolute Gasteiger partial charge is 0.282 e. The molecule has 11 heteroatoms. The first-order valence-corrected chi connectivity index (χ1v) is 13.4. The highest BCUT2D eigenvalue weighted by Gasteiger charge is 2.29. The molecular weight excluding hydrogens is 506 g/mol. The van der Waals surface area contributed by atoms with Gasteiger partial charge in [-0.05, 0) is 69.3 Å². The Hall–Kier alpha value is -4.35. The number of hydrogen-bond donors (Lipinski definition) is 3. The molecule has 200 valence electrons. The van der Waals surface area contributed by atoms with Crippen molar-refractivity contribution in [3.05, 3.63) is 84.6 Å². The van der Waals surface area contributed by atoms with Crippen LogP contribution in [0.2, 0.25) is 0 Å². The second-order valence-corrected chi connectivity index (χ2v) is 9.51. The predicted octanol–water partition coefficient (Wildman–Crippen LogP) is 4.12. The molecule has 38 heavy (non-hydrogen) atoms. The topological polar surface area (TPSA) is 149 Å². The zero-order valence-corrected chi connectivity index (χ0v) is 22.2. The average molecular weight is 538 g/mol. The molecule has 3 aromatic carbocycles. The Balaban J connectivity index is 0.000000336. The number of sulfonamides is 1. The van der Waals surface area contributed by atoms with Gasteiger partial charge in [0.05, 0.1) is 46.5 Å². The molecule has 0 saturated carbocycles. The van der Waals surface area contributed by atoms with E-state index in [1.807, 2.05) is 62.4 Å². The summed E-state index contributed by atoms with van der Waals surface area (Å²) in [5.74, 6) is 1.12. The molecule has 0 unspecified atom stereocenters. The van der Waals surface area contributed by atoms with Crippen molar-refractivity contribution in [2.75, 3.05) is 29.3 Å². The van der Waals surface area contributed by atoms with E-state index in [0.717, 1.165) is 11.4 Å². The van der Waals surface area contributed by atoms with Crippen molar-refractivity contribution in [2.24, 2.45) is 10.2 Å². The Bertz CT molecular complexity index is 1440. The van der Waals surface area contributed by atoms with Crippen LogP contribution in [0.15, 0.2) is 94.6 Å². The lowest BCUT2D eigenvalue weighted by Gasteiger charge is -2.12. The highest BCUT2D eigenvalue weighted by Crippen LogP contribution is 2.27. The molecule has 0 spiro atoms. The lowest BCUT2D eigenvalue weighted by Crippen LogP contribution is -2.22. The van der Waals surface area contributed by atoms with Crippen LogP contribution in [0, 0.1) is 0 Å².